The molecule has 10 aromatic carbocycles. The number of benzene rings is 10. The topological polar surface area (TPSA) is 0 Å². The van der Waals surface area contributed by atoms with Crippen molar-refractivity contribution in [3.05, 3.63) is 182 Å². The van der Waals surface area contributed by atoms with Gasteiger partial charge in [-0.1, -0.05) is 170 Å². The van der Waals surface area contributed by atoms with E-state index in [0.717, 1.165) is 0 Å². The molecule has 11 rings (SSSR count). The fourth-order valence-electron chi connectivity index (χ4n) is 8.51. The van der Waals surface area contributed by atoms with Gasteiger partial charge in [-0.25, -0.2) is 0 Å². The van der Waals surface area contributed by atoms with E-state index in [9.17, 15) is 0 Å². The zero-order chi connectivity index (χ0) is 33.5. The lowest BCUT2D eigenvalue weighted by Crippen LogP contribution is -1.91. The van der Waals surface area contributed by atoms with Crippen molar-refractivity contribution in [2.24, 2.45) is 0 Å². The van der Waals surface area contributed by atoms with E-state index >= 15 is 0 Å². The van der Waals surface area contributed by atoms with Crippen LogP contribution in [0.5, 0.6) is 0 Å². The molecule has 1 heteroatoms. The minimum Gasteiger partial charge on any atom is -0.134 e. The van der Waals surface area contributed by atoms with E-state index in [-0.39, 0.29) is 0 Å². The summed E-state index contributed by atoms with van der Waals surface area (Å²) in [7, 11) is 0. The smallest absolute Gasteiger partial charge is 0.0440 e. The van der Waals surface area contributed by atoms with Crippen LogP contribution in [0.1, 0.15) is 0 Å². The lowest BCUT2D eigenvalue weighted by atomic mass is 9.85. The van der Waals surface area contributed by atoms with Crippen LogP contribution in [0.25, 0.3) is 107 Å². The van der Waals surface area contributed by atoms with E-state index in [1.165, 1.54) is 107 Å². The number of hydrogen-bond donors (Lipinski definition) is 0. The van der Waals surface area contributed by atoms with Gasteiger partial charge < -0.3 is 0 Å². The summed E-state index contributed by atoms with van der Waals surface area (Å²) in [6.45, 7) is 0. The van der Waals surface area contributed by atoms with Gasteiger partial charge >= 0.3 is 0 Å². The lowest BCUT2D eigenvalue weighted by Gasteiger charge is -2.18. The highest BCUT2D eigenvalue weighted by atomic mass is 32.1. The molecule has 236 valence electrons. The van der Waals surface area contributed by atoms with Crippen LogP contribution in [0.4, 0.5) is 0 Å². The Bertz CT molecular complexity index is 3120. The molecule has 0 aliphatic rings. The molecule has 0 saturated carbocycles. The van der Waals surface area contributed by atoms with Crippen molar-refractivity contribution < 1.29 is 0 Å². The molecular formula is C50H30S. The molecule has 0 unspecified atom stereocenters. The molecule has 0 spiro atoms. The molecule has 1 aromatic heterocycles. The van der Waals surface area contributed by atoms with Crippen LogP contribution in [0.15, 0.2) is 182 Å². The van der Waals surface area contributed by atoms with Crippen molar-refractivity contribution in [1.29, 1.82) is 0 Å². The van der Waals surface area contributed by atoms with Crippen molar-refractivity contribution in [3.8, 4) is 33.4 Å². The van der Waals surface area contributed by atoms with Gasteiger partial charge in [-0.15, -0.1) is 11.3 Å². The van der Waals surface area contributed by atoms with E-state index in [4.69, 9.17) is 0 Å². The predicted octanol–water partition coefficient (Wildman–Crippen LogP) is 14.8. The van der Waals surface area contributed by atoms with Crippen LogP contribution in [-0.2, 0) is 0 Å². The molecule has 1 heterocycles. The number of hydrogen-bond acceptors (Lipinski definition) is 1. The zero-order valence-corrected chi connectivity index (χ0v) is 28.5. The van der Waals surface area contributed by atoms with E-state index < -0.39 is 0 Å². The van der Waals surface area contributed by atoms with Crippen LogP contribution >= 0.6 is 11.3 Å². The lowest BCUT2D eigenvalue weighted by molar-refractivity contribution is 1.63. The van der Waals surface area contributed by atoms with Gasteiger partial charge in [0.15, 0.2) is 0 Å². The molecule has 0 N–H and O–H groups in total. The van der Waals surface area contributed by atoms with Gasteiger partial charge in [-0.3, -0.25) is 0 Å². The fraction of sp³-hybridized carbons (Fsp3) is 0. The molecule has 11 aromatic rings. The first-order valence-electron chi connectivity index (χ1n) is 17.6. The maximum absolute atomic E-state index is 2.44. The molecule has 0 aliphatic heterocycles. The third-order valence-corrected chi connectivity index (χ3v) is 12.0. The highest BCUT2D eigenvalue weighted by molar-refractivity contribution is 7.27. The van der Waals surface area contributed by atoms with Gasteiger partial charge in [0.25, 0.3) is 0 Å². The summed E-state index contributed by atoms with van der Waals surface area (Å²) in [5, 5.41) is 15.7. The molecule has 0 aliphatic carbocycles. The molecule has 0 radical (unpaired) electrons. The van der Waals surface area contributed by atoms with Gasteiger partial charge in [-0.2, -0.15) is 0 Å². The second-order valence-corrected chi connectivity index (χ2v) is 14.6. The predicted molar refractivity (Wildman–Crippen MR) is 223 cm³/mol. The minimum absolute atomic E-state index is 1.23. The Morgan fingerprint density at radius 1 is 0.275 bits per heavy atom. The largest absolute Gasteiger partial charge is 0.134 e. The second kappa shape index (κ2) is 11.1. The van der Waals surface area contributed by atoms with Crippen LogP contribution in [0, 0.1) is 0 Å². The average Bonchev–Trinajstić information content (AvgIpc) is 3.59. The van der Waals surface area contributed by atoms with E-state index in [2.05, 4.69) is 182 Å². The van der Waals surface area contributed by atoms with Crippen molar-refractivity contribution in [2.75, 3.05) is 0 Å². The first-order chi connectivity index (χ1) is 25.3. The number of rotatable bonds is 3. The highest BCUT2D eigenvalue weighted by Crippen LogP contribution is 2.48. The molecule has 0 amide bonds. The van der Waals surface area contributed by atoms with Crippen LogP contribution in [0.2, 0.25) is 0 Å². The van der Waals surface area contributed by atoms with Gasteiger partial charge in [0.2, 0.25) is 0 Å². The van der Waals surface area contributed by atoms with Gasteiger partial charge in [-0.05, 0) is 94.0 Å². The van der Waals surface area contributed by atoms with Gasteiger partial charge in [0.1, 0.15) is 0 Å². The molecule has 0 fully saturated rings. The van der Waals surface area contributed by atoms with Crippen molar-refractivity contribution in [3.63, 3.8) is 0 Å². The first kappa shape index (κ1) is 28.5. The summed E-state index contributed by atoms with van der Waals surface area (Å²) < 4.78 is 2.69. The monoisotopic (exact) mass is 662 g/mol. The Balaban J connectivity index is 1.12. The maximum Gasteiger partial charge on any atom is 0.0440 e. The normalized spacial score (nSPS) is 11.9. The zero-order valence-electron chi connectivity index (χ0n) is 27.7. The Kier molecular flexibility index (Phi) is 6.22. The Labute approximate surface area is 299 Å². The summed E-state index contributed by atoms with van der Waals surface area (Å²) >= 11 is 1.93. The van der Waals surface area contributed by atoms with E-state index in [0.29, 0.717) is 0 Å². The van der Waals surface area contributed by atoms with Crippen LogP contribution in [0.3, 0.4) is 0 Å². The van der Waals surface area contributed by atoms with Crippen molar-refractivity contribution in [2.45, 2.75) is 0 Å². The maximum atomic E-state index is 2.44. The molecule has 0 bridgehead atoms. The third-order valence-electron chi connectivity index (χ3n) is 10.8. The summed E-state index contributed by atoms with van der Waals surface area (Å²) in [5.41, 5.74) is 7.54. The fourth-order valence-corrected chi connectivity index (χ4v) is 9.81. The minimum atomic E-state index is 1.23. The summed E-state index contributed by atoms with van der Waals surface area (Å²) in [6.07, 6.45) is 0. The standard InChI is InChI=1S/C50H30S/c1-2-12-34-29-35(26-23-31(34)11-1)32-21-24-33(25-22-32)47-40-16-6-8-18-42(40)48(43-19-9-7-17-41(43)47)36-27-28-45-46(30-36)51-50-44-20-10-4-14-38(44)37-13-3-5-15-39(37)49(45)50/h1-30H. The number of fused-ring (bicyclic) bond motifs is 11. The molecular weight excluding hydrogens is 633 g/mol. The molecule has 0 nitrogen and oxygen atoms in total. The number of thiophene rings is 1. The molecule has 51 heavy (non-hydrogen) atoms. The third kappa shape index (κ3) is 4.32. The van der Waals surface area contributed by atoms with Crippen LogP contribution in [-0.4, -0.2) is 0 Å². The van der Waals surface area contributed by atoms with Gasteiger partial charge in [0.05, 0.1) is 0 Å². The highest BCUT2D eigenvalue weighted by Gasteiger charge is 2.19. The Hall–Kier alpha value is -6.28. The first-order valence-corrected chi connectivity index (χ1v) is 18.4. The molecule has 0 atom stereocenters. The van der Waals surface area contributed by atoms with E-state index in [1.807, 2.05) is 11.3 Å². The SMILES string of the molecule is c1ccc2cc(-c3ccc(-c4c5ccccc5c(-c5ccc6c(c5)sc5c7ccccc7c7ccccc7c65)c5ccccc45)cc3)ccc2c1. The van der Waals surface area contributed by atoms with Gasteiger partial charge in [0, 0.05) is 25.6 Å². The summed E-state index contributed by atoms with van der Waals surface area (Å²) in [5.74, 6) is 0. The Morgan fingerprint density at radius 2 is 0.745 bits per heavy atom. The Morgan fingerprint density at radius 3 is 1.41 bits per heavy atom. The summed E-state index contributed by atoms with van der Waals surface area (Å²) in [4.78, 5) is 0. The second-order valence-electron chi connectivity index (χ2n) is 13.6. The average molecular weight is 663 g/mol. The summed E-state index contributed by atoms with van der Waals surface area (Å²) in [6, 6.07) is 67.3. The van der Waals surface area contributed by atoms with Crippen LogP contribution < -0.4 is 0 Å². The molecule has 0 saturated heterocycles. The van der Waals surface area contributed by atoms with Crippen molar-refractivity contribution >= 4 is 85.4 Å². The quantitative estimate of drug-likeness (QED) is 0.130. The van der Waals surface area contributed by atoms with E-state index in [1.54, 1.807) is 0 Å². The van der Waals surface area contributed by atoms with Crippen molar-refractivity contribution in [1.82, 2.24) is 0 Å².